The first-order valence-corrected chi connectivity index (χ1v) is 6.45. The number of halogens is 3. The number of hydrogen-bond acceptors (Lipinski definition) is 3. The van der Waals surface area contributed by atoms with Crippen molar-refractivity contribution >= 4 is 16.8 Å². The molecule has 1 heterocycles. The smallest absolute Gasteiger partial charge is 0.403 e. The van der Waals surface area contributed by atoms with Gasteiger partial charge in [-0.1, -0.05) is 0 Å². The van der Waals surface area contributed by atoms with Crippen LogP contribution in [-0.4, -0.2) is 45.7 Å². The Bertz CT molecular complexity index is 299. The number of hydrogen-bond donors (Lipinski definition) is 1. The molecule has 0 amide bonds. The van der Waals surface area contributed by atoms with Gasteiger partial charge >= 0.3 is 12.1 Å². The average Bonchev–Trinajstić information content (AvgIpc) is 2.24. The van der Waals surface area contributed by atoms with Crippen LogP contribution in [0.3, 0.4) is 0 Å². The zero-order valence-corrected chi connectivity index (χ0v) is 9.72. The van der Waals surface area contributed by atoms with Gasteiger partial charge in [0.1, 0.15) is 0 Å². The van der Waals surface area contributed by atoms with E-state index in [1.807, 2.05) is 0 Å². The monoisotopic (exact) mass is 274 g/mol. The van der Waals surface area contributed by atoms with Crippen molar-refractivity contribution in [2.75, 3.05) is 19.0 Å². The zero-order chi connectivity index (χ0) is 13.1. The van der Waals surface area contributed by atoms with Crippen molar-refractivity contribution in [1.29, 1.82) is 0 Å². The molecule has 0 saturated carbocycles. The van der Waals surface area contributed by atoms with Gasteiger partial charge in [0.25, 0.3) is 0 Å². The fraction of sp³-hybridized carbons (Fsp3) is 0.889. The first-order valence-electron chi connectivity index (χ1n) is 5.07. The van der Waals surface area contributed by atoms with Gasteiger partial charge in [-0.3, -0.25) is 9.00 Å². The quantitative estimate of drug-likeness (QED) is 0.836. The van der Waals surface area contributed by atoms with Crippen LogP contribution in [0, 0.1) is 5.92 Å². The van der Waals surface area contributed by atoms with E-state index in [0.29, 0.717) is 26.1 Å². The Balaban J connectivity index is 2.60. The number of alkyl halides is 3. The Morgan fingerprint density at radius 3 is 2.35 bits per heavy atom. The van der Waals surface area contributed by atoms with E-state index in [9.17, 15) is 22.2 Å². The number of rotatable bonds is 4. The van der Waals surface area contributed by atoms with Crippen molar-refractivity contribution in [3.63, 3.8) is 0 Å². The summed E-state index contributed by atoms with van der Waals surface area (Å²) in [5.74, 6) is -5.40. The van der Waals surface area contributed by atoms with Gasteiger partial charge in [-0.25, -0.2) is 0 Å². The average molecular weight is 274 g/mol. The molecule has 0 bridgehead atoms. The Hall–Kier alpha value is -0.630. The second-order valence-corrected chi connectivity index (χ2v) is 5.55. The van der Waals surface area contributed by atoms with E-state index in [0.717, 1.165) is 0 Å². The third-order valence-corrected chi connectivity index (χ3v) is 4.44. The summed E-state index contributed by atoms with van der Waals surface area (Å²) in [6, 6.07) is 0. The highest BCUT2D eigenvalue weighted by Crippen LogP contribution is 2.28. The molecule has 1 rings (SSSR count). The molecule has 1 fully saturated rings. The van der Waals surface area contributed by atoms with Gasteiger partial charge in [0, 0.05) is 35.0 Å². The summed E-state index contributed by atoms with van der Waals surface area (Å²) in [6.45, 7) is 0.723. The maximum atomic E-state index is 12.4. The van der Waals surface area contributed by atoms with Crippen LogP contribution < -0.4 is 0 Å². The van der Waals surface area contributed by atoms with Crippen LogP contribution in [0.25, 0.3) is 0 Å². The molecular formula is C9H13F3O4S. The summed E-state index contributed by atoms with van der Waals surface area (Å²) < 4.78 is 53.7. The molecule has 1 saturated heterocycles. The Labute approximate surface area is 98.6 Å². The lowest BCUT2D eigenvalue weighted by atomic mass is 10.2. The largest absolute Gasteiger partial charge is 0.481 e. The highest BCUT2D eigenvalue weighted by atomic mass is 32.2. The summed E-state index contributed by atoms with van der Waals surface area (Å²) in [7, 11) is -1.78. The molecule has 17 heavy (non-hydrogen) atoms. The van der Waals surface area contributed by atoms with E-state index in [1.165, 1.54) is 0 Å². The van der Waals surface area contributed by atoms with E-state index in [2.05, 4.69) is 0 Å². The minimum absolute atomic E-state index is 0.361. The summed E-state index contributed by atoms with van der Waals surface area (Å²) in [5, 5.41) is 8.08. The van der Waals surface area contributed by atoms with E-state index < -0.39 is 39.9 Å². The van der Waals surface area contributed by atoms with Crippen LogP contribution in [0.4, 0.5) is 13.2 Å². The maximum Gasteiger partial charge on any atom is 0.403 e. The molecule has 0 radical (unpaired) electrons. The van der Waals surface area contributed by atoms with E-state index >= 15 is 0 Å². The van der Waals surface area contributed by atoms with Crippen molar-refractivity contribution in [2.45, 2.75) is 24.3 Å². The molecule has 8 heteroatoms. The van der Waals surface area contributed by atoms with Crippen molar-refractivity contribution < 1.29 is 32.0 Å². The predicted octanol–water partition coefficient (Wildman–Crippen LogP) is 1.18. The Kier molecular flexibility index (Phi) is 4.93. The summed E-state index contributed by atoms with van der Waals surface area (Å²) in [6.07, 6.45) is -4.03. The molecule has 1 N–H and O–H groups in total. The van der Waals surface area contributed by atoms with Crippen LogP contribution in [0.5, 0.6) is 0 Å². The van der Waals surface area contributed by atoms with Gasteiger partial charge in [0.2, 0.25) is 0 Å². The lowest BCUT2D eigenvalue weighted by Crippen LogP contribution is -2.38. The maximum absolute atomic E-state index is 12.4. The number of ether oxygens (including phenoxy) is 1. The van der Waals surface area contributed by atoms with Gasteiger partial charge < -0.3 is 9.84 Å². The van der Waals surface area contributed by atoms with Gasteiger partial charge in [-0.15, -0.1) is 0 Å². The summed E-state index contributed by atoms with van der Waals surface area (Å²) in [4.78, 5) is 10.5. The second-order valence-electron chi connectivity index (χ2n) is 3.79. The van der Waals surface area contributed by atoms with Crippen molar-refractivity contribution in [3.05, 3.63) is 0 Å². The predicted molar refractivity (Wildman–Crippen MR) is 54.0 cm³/mol. The first-order chi connectivity index (χ1) is 7.82. The fourth-order valence-electron chi connectivity index (χ4n) is 1.54. The van der Waals surface area contributed by atoms with Gasteiger partial charge in [-0.05, 0) is 12.8 Å². The molecule has 2 atom stereocenters. The van der Waals surface area contributed by atoms with Crippen molar-refractivity contribution in [3.8, 4) is 0 Å². The van der Waals surface area contributed by atoms with Crippen LogP contribution >= 0.6 is 0 Å². The summed E-state index contributed by atoms with van der Waals surface area (Å²) in [5.41, 5.74) is 0. The normalized spacial score (nSPS) is 22.1. The molecule has 0 aromatic carbocycles. The van der Waals surface area contributed by atoms with Crippen LogP contribution in [0.2, 0.25) is 0 Å². The zero-order valence-electron chi connectivity index (χ0n) is 8.90. The SMILES string of the molecule is O=C(O)C(CS(=O)C1CCOCC1)C(F)(F)F. The molecule has 0 aromatic heterocycles. The minimum Gasteiger partial charge on any atom is -0.481 e. The third-order valence-electron chi connectivity index (χ3n) is 2.56. The molecule has 0 spiro atoms. The van der Waals surface area contributed by atoms with E-state index in [-0.39, 0.29) is 0 Å². The topological polar surface area (TPSA) is 63.6 Å². The Morgan fingerprint density at radius 2 is 1.94 bits per heavy atom. The minimum atomic E-state index is -4.85. The first kappa shape index (κ1) is 14.4. The molecule has 0 aromatic rings. The van der Waals surface area contributed by atoms with Gasteiger partial charge in [0.15, 0.2) is 5.92 Å². The highest BCUT2D eigenvalue weighted by molar-refractivity contribution is 7.85. The van der Waals surface area contributed by atoms with Crippen molar-refractivity contribution in [1.82, 2.24) is 0 Å². The number of aliphatic carboxylic acids is 1. The van der Waals surface area contributed by atoms with Crippen LogP contribution in [0.15, 0.2) is 0 Å². The second kappa shape index (κ2) is 5.81. The number of carbonyl (C=O) groups is 1. The van der Waals surface area contributed by atoms with E-state index in [1.54, 1.807) is 0 Å². The molecule has 100 valence electrons. The number of carboxylic acid groups (broad SMARTS) is 1. The van der Waals surface area contributed by atoms with Crippen molar-refractivity contribution in [2.24, 2.45) is 5.92 Å². The molecule has 4 nitrogen and oxygen atoms in total. The molecule has 1 aliphatic heterocycles. The molecule has 0 aliphatic carbocycles. The molecule has 2 unspecified atom stereocenters. The molecule has 1 aliphatic rings. The standard InChI is InChI=1S/C9H13F3O4S/c10-9(11,12)7(8(13)14)5-17(15)6-1-3-16-4-2-6/h6-7H,1-5H2,(H,13,14). The van der Waals surface area contributed by atoms with Crippen LogP contribution in [0.1, 0.15) is 12.8 Å². The van der Waals surface area contributed by atoms with E-state index in [4.69, 9.17) is 9.84 Å². The van der Waals surface area contributed by atoms with Gasteiger partial charge in [-0.2, -0.15) is 13.2 Å². The van der Waals surface area contributed by atoms with Gasteiger partial charge in [0.05, 0.1) is 0 Å². The Morgan fingerprint density at radius 1 is 1.41 bits per heavy atom. The highest BCUT2D eigenvalue weighted by Gasteiger charge is 2.46. The third kappa shape index (κ3) is 4.27. The lowest BCUT2D eigenvalue weighted by Gasteiger charge is -2.23. The summed E-state index contributed by atoms with van der Waals surface area (Å²) >= 11 is 0. The van der Waals surface area contributed by atoms with Crippen LogP contribution in [-0.2, 0) is 20.3 Å². The fourth-order valence-corrected chi connectivity index (χ4v) is 3.20. The molecular weight excluding hydrogens is 261 g/mol. The lowest BCUT2D eigenvalue weighted by molar-refractivity contribution is -0.188. The number of carboxylic acids is 1.